The van der Waals surface area contributed by atoms with E-state index in [1.54, 1.807) is 18.2 Å². The Bertz CT molecular complexity index is 212. The monoisotopic (exact) mass is 174 g/mol. The number of hydrogen-bond acceptors (Lipinski definition) is 2. The summed E-state index contributed by atoms with van der Waals surface area (Å²) in [5, 5.41) is 0. The van der Waals surface area contributed by atoms with Crippen molar-refractivity contribution in [2.45, 2.75) is 0 Å². The van der Waals surface area contributed by atoms with Crippen LogP contribution in [0.2, 0.25) is 0 Å². The third kappa shape index (κ3) is 2.18. The van der Waals surface area contributed by atoms with Gasteiger partial charge in [0.25, 0.3) is 5.91 Å². The topological polar surface area (TPSA) is 56.0 Å². The van der Waals surface area contributed by atoms with Gasteiger partial charge >= 0.3 is 0 Å². The molecule has 3 nitrogen and oxygen atoms in total. The molecule has 0 spiro atoms. The molecule has 0 aliphatic carbocycles. The van der Waals surface area contributed by atoms with Crippen LogP contribution in [0.25, 0.3) is 0 Å². The molecule has 0 atom stereocenters. The molecule has 0 aromatic carbocycles. The molecule has 0 saturated heterocycles. The fourth-order valence-electron chi connectivity index (χ4n) is 0.509. The zero-order chi connectivity index (χ0) is 6.69. The number of nitrogens with two attached hydrogens (primary N) is 1. The summed E-state index contributed by atoms with van der Waals surface area (Å²) in [7, 11) is 0. The van der Waals surface area contributed by atoms with E-state index in [-0.39, 0.29) is 17.4 Å². The van der Waals surface area contributed by atoms with E-state index in [2.05, 4.69) is 4.98 Å². The summed E-state index contributed by atoms with van der Waals surface area (Å²) >= 11 is 0. The standard InChI is InChI=1S/C6H6N2O.Cr/c7-6(9)5-3-1-2-4-8-5;/h1-4H,(H2,7,9);. The molecule has 0 aliphatic heterocycles. The molecule has 1 rings (SSSR count). The van der Waals surface area contributed by atoms with E-state index in [1.807, 2.05) is 0 Å². The van der Waals surface area contributed by atoms with Crippen molar-refractivity contribution in [2.24, 2.45) is 5.73 Å². The van der Waals surface area contributed by atoms with Crippen LogP contribution in [0.15, 0.2) is 24.4 Å². The Morgan fingerprint density at radius 3 is 2.50 bits per heavy atom. The first kappa shape index (κ1) is 9.15. The van der Waals surface area contributed by atoms with Gasteiger partial charge in [-0.25, -0.2) is 0 Å². The fraction of sp³-hybridized carbons (Fsp3) is 0. The van der Waals surface area contributed by atoms with Crippen molar-refractivity contribution >= 4 is 5.91 Å². The van der Waals surface area contributed by atoms with Crippen LogP contribution >= 0.6 is 0 Å². The first-order valence-electron chi connectivity index (χ1n) is 2.51. The van der Waals surface area contributed by atoms with Gasteiger partial charge in [0.1, 0.15) is 5.69 Å². The van der Waals surface area contributed by atoms with E-state index in [1.165, 1.54) is 6.20 Å². The number of hydrogen-bond donors (Lipinski definition) is 1. The Balaban J connectivity index is 0.000000810. The molecule has 0 radical (unpaired) electrons. The summed E-state index contributed by atoms with van der Waals surface area (Å²) < 4.78 is 0. The van der Waals surface area contributed by atoms with Crippen molar-refractivity contribution in [1.29, 1.82) is 0 Å². The predicted molar refractivity (Wildman–Crippen MR) is 32.8 cm³/mol. The normalized spacial score (nSPS) is 8.00. The fourth-order valence-corrected chi connectivity index (χ4v) is 0.509. The molecule has 4 heteroatoms. The molecule has 1 aromatic rings. The van der Waals surface area contributed by atoms with Gasteiger partial charge in [0, 0.05) is 23.6 Å². The van der Waals surface area contributed by atoms with Gasteiger partial charge in [-0.2, -0.15) is 0 Å². The molecule has 1 heterocycles. The number of carbonyl (C=O) groups is 1. The van der Waals surface area contributed by atoms with Crippen LogP contribution in [-0.2, 0) is 17.4 Å². The number of primary amides is 1. The molecule has 52 valence electrons. The summed E-state index contributed by atoms with van der Waals surface area (Å²) in [5.41, 5.74) is 5.22. The Kier molecular flexibility index (Phi) is 3.70. The molecule has 1 aromatic heterocycles. The van der Waals surface area contributed by atoms with E-state index >= 15 is 0 Å². The number of carbonyl (C=O) groups excluding carboxylic acids is 1. The second-order valence-corrected chi connectivity index (χ2v) is 1.58. The molecule has 1 amide bonds. The minimum absolute atomic E-state index is 0. The zero-order valence-corrected chi connectivity index (χ0v) is 6.43. The van der Waals surface area contributed by atoms with Crippen LogP contribution in [0.4, 0.5) is 0 Å². The van der Waals surface area contributed by atoms with Gasteiger partial charge in [0.15, 0.2) is 0 Å². The van der Waals surface area contributed by atoms with Crippen LogP contribution in [-0.4, -0.2) is 10.9 Å². The van der Waals surface area contributed by atoms with Crippen LogP contribution in [0.3, 0.4) is 0 Å². The Hall–Kier alpha value is -0.848. The molecule has 0 saturated carbocycles. The average Bonchev–Trinajstić information content (AvgIpc) is 1.90. The van der Waals surface area contributed by atoms with E-state index in [9.17, 15) is 4.79 Å². The number of rotatable bonds is 1. The van der Waals surface area contributed by atoms with Crippen LogP contribution in [0.1, 0.15) is 10.5 Å². The zero-order valence-electron chi connectivity index (χ0n) is 5.15. The van der Waals surface area contributed by atoms with Gasteiger partial charge in [-0.05, 0) is 12.1 Å². The first-order valence-corrected chi connectivity index (χ1v) is 2.51. The van der Waals surface area contributed by atoms with Gasteiger partial charge in [0.05, 0.1) is 0 Å². The summed E-state index contributed by atoms with van der Waals surface area (Å²) in [6.45, 7) is 0. The van der Waals surface area contributed by atoms with Crippen LogP contribution < -0.4 is 5.73 Å². The predicted octanol–water partition coefficient (Wildman–Crippen LogP) is 0.178. The number of nitrogens with zero attached hydrogens (tertiary/aromatic N) is 1. The second kappa shape index (κ2) is 4.05. The Labute approximate surface area is 69.4 Å². The van der Waals surface area contributed by atoms with E-state index in [4.69, 9.17) is 5.73 Å². The van der Waals surface area contributed by atoms with Gasteiger partial charge in [0.2, 0.25) is 0 Å². The summed E-state index contributed by atoms with van der Waals surface area (Å²) in [5.74, 6) is -0.490. The Morgan fingerprint density at radius 2 is 2.20 bits per heavy atom. The molecule has 0 fully saturated rings. The van der Waals surface area contributed by atoms with E-state index in [0.717, 1.165) is 0 Å². The number of amides is 1. The minimum Gasteiger partial charge on any atom is -0.364 e. The third-order valence-corrected chi connectivity index (χ3v) is 0.917. The van der Waals surface area contributed by atoms with Crippen molar-refractivity contribution < 1.29 is 22.2 Å². The molecule has 10 heavy (non-hydrogen) atoms. The van der Waals surface area contributed by atoms with Crippen LogP contribution in [0, 0.1) is 0 Å². The number of aromatic nitrogens is 1. The second-order valence-electron chi connectivity index (χ2n) is 1.58. The molecular weight excluding hydrogens is 168 g/mol. The van der Waals surface area contributed by atoms with Crippen molar-refractivity contribution in [3.63, 3.8) is 0 Å². The van der Waals surface area contributed by atoms with Crippen molar-refractivity contribution in [2.75, 3.05) is 0 Å². The number of pyridine rings is 1. The van der Waals surface area contributed by atoms with Gasteiger partial charge in [-0.1, -0.05) is 6.07 Å². The smallest absolute Gasteiger partial charge is 0.267 e. The van der Waals surface area contributed by atoms with Crippen molar-refractivity contribution in [3.05, 3.63) is 30.1 Å². The Morgan fingerprint density at radius 1 is 1.50 bits per heavy atom. The molecule has 0 unspecified atom stereocenters. The molecule has 0 bridgehead atoms. The van der Waals surface area contributed by atoms with Gasteiger partial charge in [-0.3, -0.25) is 9.78 Å². The third-order valence-electron chi connectivity index (χ3n) is 0.917. The maximum Gasteiger partial charge on any atom is 0.267 e. The first-order chi connectivity index (χ1) is 4.30. The van der Waals surface area contributed by atoms with Gasteiger partial charge < -0.3 is 5.73 Å². The van der Waals surface area contributed by atoms with Crippen molar-refractivity contribution in [3.8, 4) is 0 Å². The SMILES string of the molecule is NC(=O)c1ccccn1.[Cr]. The largest absolute Gasteiger partial charge is 0.364 e. The minimum atomic E-state index is -0.490. The average molecular weight is 174 g/mol. The maximum absolute atomic E-state index is 10.4. The quantitative estimate of drug-likeness (QED) is 0.660. The maximum atomic E-state index is 10.4. The van der Waals surface area contributed by atoms with E-state index in [0.29, 0.717) is 5.69 Å². The molecule has 2 N–H and O–H groups in total. The summed E-state index contributed by atoms with van der Waals surface area (Å²) in [6.07, 6.45) is 1.53. The van der Waals surface area contributed by atoms with E-state index < -0.39 is 5.91 Å². The van der Waals surface area contributed by atoms with Gasteiger partial charge in [-0.15, -0.1) is 0 Å². The summed E-state index contributed by atoms with van der Waals surface area (Å²) in [4.78, 5) is 14.1. The molecular formula is C6H6CrN2O. The summed E-state index contributed by atoms with van der Waals surface area (Å²) in [6, 6.07) is 5.02. The molecule has 0 aliphatic rings. The van der Waals surface area contributed by atoms with Crippen molar-refractivity contribution in [1.82, 2.24) is 4.98 Å². The van der Waals surface area contributed by atoms with Crippen LogP contribution in [0.5, 0.6) is 0 Å².